The lowest BCUT2D eigenvalue weighted by molar-refractivity contribution is -0.384. The number of carbonyl (C=O) groups excluding carboxylic acids is 1. The molecule has 0 aromatic heterocycles. The van der Waals surface area contributed by atoms with Gasteiger partial charge in [0, 0.05) is 12.1 Å². The SMILES string of the molecule is C[C@H](NP(=O)(Oc1ccccc1)Oc1ccc([N+](=O)[O-])cc1Cl)C(=O)OCc1ccccc1. The summed E-state index contributed by atoms with van der Waals surface area (Å²) in [6.45, 7) is 1.47. The summed E-state index contributed by atoms with van der Waals surface area (Å²) < 4.78 is 29.9. The summed E-state index contributed by atoms with van der Waals surface area (Å²) in [7, 11) is -4.24. The number of carbonyl (C=O) groups is 1. The van der Waals surface area contributed by atoms with Gasteiger partial charge in [0.05, 0.1) is 9.95 Å². The van der Waals surface area contributed by atoms with Gasteiger partial charge in [-0.15, -0.1) is 0 Å². The smallest absolute Gasteiger partial charge is 0.460 e. The third-order valence-electron chi connectivity index (χ3n) is 4.24. The summed E-state index contributed by atoms with van der Waals surface area (Å²) in [5, 5.41) is 13.3. The zero-order valence-electron chi connectivity index (χ0n) is 17.4. The molecule has 11 heteroatoms. The van der Waals surface area contributed by atoms with Crippen LogP contribution >= 0.6 is 19.3 Å². The molecule has 3 aromatic carbocycles. The molecule has 172 valence electrons. The molecule has 0 bridgehead atoms. The highest BCUT2D eigenvalue weighted by Gasteiger charge is 2.34. The van der Waals surface area contributed by atoms with Crippen molar-refractivity contribution in [2.24, 2.45) is 0 Å². The lowest BCUT2D eigenvalue weighted by Crippen LogP contribution is -2.35. The van der Waals surface area contributed by atoms with Gasteiger partial charge >= 0.3 is 13.7 Å². The summed E-state index contributed by atoms with van der Waals surface area (Å²) in [5.41, 5.74) is 0.521. The first-order valence-corrected chi connectivity index (χ1v) is 11.6. The van der Waals surface area contributed by atoms with Crippen molar-refractivity contribution in [3.05, 3.63) is 99.6 Å². The van der Waals surface area contributed by atoms with Crippen LogP contribution in [-0.2, 0) is 20.7 Å². The molecule has 0 spiro atoms. The largest absolute Gasteiger partial charge is 0.513 e. The minimum absolute atomic E-state index is 0.0323. The molecule has 0 fully saturated rings. The number of hydrogen-bond donors (Lipinski definition) is 1. The number of benzene rings is 3. The van der Waals surface area contributed by atoms with Crippen LogP contribution in [0.3, 0.4) is 0 Å². The van der Waals surface area contributed by atoms with E-state index in [-0.39, 0.29) is 28.8 Å². The van der Waals surface area contributed by atoms with Gasteiger partial charge in [0.1, 0.15) is 18.4 Å². The first-order valence-electron chi connectivity index (χ1n) is 9.72. The standard InChI is InChI=1S/C22H20ClN2O7P/c1-16(22(26)30-15-17-8-4-2-5-9-17)24-33(29,31-19-10-6-3-7-11-19)32-21-13-12-18(25(27)28)14-20(21)23/h2-14,16H,15H2,1H3,(H,24,29)/t16-,33?/m0/s1. The molecule has 33 heavy (non-hydrogen) atoms. The van der Waals surface area contributed by atoms with Gasteiger partial charge < -0.3 is 13.8 Å². The molecule has 1 N–H and O–H groups in total. The van der Waals surface area contributed by atoms with Crippen LogP contribution in [0.4, 0.5) is 5.69 Å². The molecule has 0 heterocycles. The van der Waals surface area contributed by atoms with E-state index in [4.69, 9.17) is 25.4 Å². The predicted octanol–water partition coefficient (Wildman–Crippen LogP) is 5.54. The van der Waals surface area contributed by atoms with Crippen LogP contribution in [-0.4, -0.2) is 16.9 Å². The number of nitro groups is 1. The third-order valence-corrected chi connectivity index (χ3v) is 6.13. The van der Waals surface area contributed by atoms with E-state index in [0.29, 0.717) is 0 Å². The third kappa shape index (κ3) is 7.05. The van der Waals surface area contributed by atoms with E-state index in [2.05, 4.69) is 5.09 Å². The van der Waals surface area contributed by atoms with Crippen molar-refractivity contribution in [2.45, 2.75) is 19.6 Å². The van der Waals surface area contributed by atoms with Crippen LogP contribution in [0.2, 0.25) is 5.02 Å². The second-order valence-electron chi connectivity index (χ2n) is 6.81. The maximum atomic E-state index is 13.6. The number of halogens is 1. The predicted molar refractivity (Wildman–Crippen MR) is 122 cm³/mol. The number of para-hydroxylation sites is 1. The molecule has 0 saturated heterocycles. The number of nitrogens with one attached hydrogen (secondary N) is 1. The summed E-state index contributed by atoms with van der Waals surface area (Å²) in [6, 6.07) is 19.5. The van der Waals surface area contributed by atoms with E-state index in [1.165, 1.54) is 13.0 Å². The summed E-state index contributed by atoms with van der Waals surface area (Å²) in [4.78, 5) is 22.8. The molecule has 0 radical (unpaired) electrons. The number of non-ortho nitro benzene ring substituents is 1. The Hall–Kier alpha value is -3.39. The van der Waals surface area contributed by atoms with Crippen molar-refractivity contribution >= 4 is 31.0 Å². The maximum absolute atomic E-state index is 13.6. The van der Waals surface area contributed by atoms with Gasteiger partial charge in [-0.2, -0.15) is 5.09 Å². The Balaban J connectivity index is 1.77. The summed E-state index contributed by atoms with van der Waals surface area (Å²) in [6.07, 6.45) is 0. The molecule has 2 atom stereocenters. The van der Waals surface area contributed by atoms with Crippen molar-refractivity contribution < 1.29 is 28.1 Å². The lowest BCUT2D eigenvalue weighted by atomic mass is 10.2. The quantitative estimate of drug-likeness (QED) is 0.170. The zero-order valence-corrected chi connectivity index (χ0v) is 19.1. The summed E-state index contributed by atoms with van der Waals surface area (Å²) in [5.74, 6) is -0.607. The highest BCUT2D eigenvalue weighted by atomic mass is 35.5. The van der Waals surface area contributed by atoms with Crippen molar-refractivity contribution in [1.29, 1.82) is 0 Å². The zero-order chi connectivity index (χ0) is 23.8. The Morgan fingerprint density at radius 2 is 1.70 bits per heavy atom. The molecule has 0 saturated carbocycles. The van der Waals surface area contributed by atoms with Crippen LogP contribution in [0.25, 0.3) is 0 Å². The molecule has 9 nitrogen and oxygen atoms in total. The van der Waals surface area contributed by atoms with Gasteiger partial charge in [-0.1, -0.05) is 60.1 Å². The number of nitro benzene ring substituents is 1. The Kier molecular flexibility index (Phi) is 8.06. The Bertz CT molecular complexity index is 1160. The minimum Gasteiger partial charge on any atom is -0.460 e. The van der Waals surface area contributed by atoms with Gasteiger partial charge in [0.15, 0.2) is 5.75 Å². The van der Waals surface area contributed by atoms with Crippen molar-refractivity contribution in [1.82, 2.24) is 5.09 Å². The van der Waals surface area contributed by atoms with E-state index in [9.17, 15) is 19.5 Å². The van der Waals surface area contributed by atoms with E-state index in [0.717, 1.165) is 17.7 Å². The minimum atomic E-state index is -4.24. The Morgan fingerprint density at radius 3 is 2.30 bits per heavy atom. The average molecular weight is 491 g/mol. The Labute approximate surface area is 195 Å². The van der Waals surface area contributed by atoms with Crippen molar-refractivity contribution in [3.63, 3.8) is 0 Å². The number of rotatable bonds is 10. The lowest BCUT2D eigenvalue weighted by Gasteiger charge is -2.23. The number of ether oxygens (including phenoxy) is 1. The van der Waals surface area contributed by atoms with Gasteiger partial charge in [-0.25, -0.2) is 4.57 Å². The van der Waals surface area contributed by atoms with E-state index < -0.39 is 24.7 Å². The van der Waals surface area contributed by atoms with Gasteiger partial charge in [0.25, 0.3) is 5.69 Å². The molecule has 0 aliphatic heterocycles. The van der Waals surface area contributed by atoms with Crippen molar-refractivity contribution in [2.75, 3.05) is 0 Å². The molecule has 0 amide bonds. The molecule has 3 rings (SSSR count). The average Bonchev–Trinajstić information content (AvgIpc) is 2.79. The molecule has 3 aromatic rings. The normalized spacial score (nSPS) is 13.4. The fourth-order valence-corrected chi connectivity index (χ4v) is 4.45. The van der Waals surface area contributed by atoms with E-state index in [1.807, 2.05) is 18.2 Å². The maximum Gasteiger partial charge on any atom is 0.513 e. The fourth-order valence-electron chi connectivity index (χ4n) is 2.64. The van der Waals surface area contributed by atoms with Crippen LogP contribution in [0, 0.1) is 10.1 Å². The van der Waals surface area contributed by atoms with Crippen LogP contribution < -0.4 is 14.1 Å². The van der Waals surface area contributed by atoms with Crippen LogP contribution in [0.1, 0.15) is 12.5 Å². The van der Waals surface area contributed by atoms with Gasteiger partial charge in [-0.3, -0.25) is 14.9 Å². The summed E-state index contributed by atoms with van der Waals surface area (Å²) >= 11 is 6.07. The Morgan fingerprint density at radius 1 is 1.06 bits per heavy atom. The van der Waals surface area contributed by atoms with E-state index >= 15 is 0 Å². The molecular formula is C22H20ClN2O7P. The molecule has 0 aliphatic carbocycles. The van der Waals surface area contributed by atoms with Gasteiger partial charge in [0.2, 0.25) is 0 Å². The fraction of sp³-hybridized carbons (Fsp3) is 0.136. The topological polar surface area (TPSA) is 117 Å². The monoisotopic (exact) mass is 490 g/mol. The number of hydrogen-bond acceptors (Lipinski definition) is 7. The molecule has 0 aliphatic rings. The van der Waals surface area contributed by atoms with Gasteiger partial charge in [-0.05, 0) is 30.7 Å². The van der Waals surface area contributed by atoms with Crippen LogP contribution in [0.5, 0.6) is 11.5 Å². The van der Waals surface area contributed by atoms with E-state index in [1.54, 1.807) is 42.5 Å². The van der Waals surface area contributed by atoms with Crippen molar-refractivity contribution in [3.8, 4) is 11.5 Å². The second-order valence-corrected chi connectivity index (χ2v) is 8.83. The molecule has 1 unspecified atom stereocenters. The highest BCUT2D eigenvalue weighted by molar-refractivity contribution is 7.52. The number of nitrogens with zero attached hydrogens (tertiary/aromatic N) is 1. The first-order chi connectivity index (χ1) is 15.8. The first kappa shape index (κ1) is 24.3. The second kappa shape index (κ2) is 11.0. The highest BCUT2D eigenvalue weighted by Crippen LogP contribution is 2.47. The molecular weight excluding hydrogens is 471 g/mol. The van der Waals surface area contributed by atoms with Crippen LogP contribution in [0.15, 0.2) is 78.9 Å². The number of esters is 1.